The van der Waals surface area contributed by atoms with Crippen molar-refractivity contribution in [2.24, 2.45) is 0 Å². The number of piperidine rings is 1. The van der Waals surface area contributed by atoms with Gasteiger partial charge in [-0.2, -0.15) is 0 Å². The third-order valence-electron chi connectivity index (χ3n) is 4.96. The van der Waals surface area contributed by atoms with Crippen LogP contribution in [0, 0.1) is 6.92 Å². The molecule has 2 amide bonds. The van der Waals surface area contributed by atoms with Crippen molar-refractivity contribution in [3.8, 4) is 0 Å². The van der Waals surface area contributed by atoms with Gasteiger partial charge in [-0.25, -0.2) is 9.97 Å². The number of carbonyl (C=O) groups excluding carboxylic acids is 2. The van der Waals surface area contributed by atoms with E-state index in [-0.39, 0.29) is 11.8 Å². The van der Waals surface area contributed by atoms with Crippen molar-refractivity contribution < 1.29 is 9.59 Å². The Labute approximate surface area is 179 Å². The molecule has 1 aliphatic rings. The van der Waals surface area contributed by atoms with Crippen LogP contribution in [0.4, 0.5) is 11.4 Å². The Hall–Kier alpha value is -3.19. The molecule has 2 heterocycles. The SMILES string of the molecule is Cc1cc(Sc2ncccn2)ccc1NC(=O)c1ccc(N2CCCCC2=O)cc1. The normalized spacial score (nSPS) is 13.9. The second-order valence-electron chi connectivity index (χ2n) is 7.11. The summed E-state index contributed by atoms with van der Waals surface area (Å²) in [5.41, 5.74) is 3.11. The summed E-state index contributed by atoms with van der Waals surface area (Å²) in [7, 11) is 0. The Morgan fingerprint density at radius 3 is 2.53 bits per heavy atom. The molecule has 1 aromatic heterocycles. The number of carbonyl (C=O) groups is 2. The molecule has 0 unspecified atom stereocenters. The van der Waals surface area contributed by atoms with Gasteiger partial charge in [0.15, 0.2) is 5.16 Å². The zero-order chi connectivity index (χ0) is 20.9. The summed E-state index contributed by atoms with van der Waals surface area (Å²) in [5, 5.41) is 3.65. The maximum absolute atomic E-state index is 12.7. The van der Waals surface area contributed by atoms with E-state index in [0.717, 1.165) is 41.2 Å². The second-order valence-corrected chi connectivity index (χ2v) is 8.15. The summed E-state index contributed by atoms with van der Waals surface area (Å²) >= 11 is 1.47. The van der Waals surface area contributed by atoms with Crippen LogP contribution in [-0.4, -0.2) is 28.3 Å². The number of nitrogens with zero attached hydrogens (tertiary/aromatic N) is 3. The lowest BCUT2D eigenvalue weighted by Crippen LogP contribution is -2.35. The highest BCUT2D eigenvalue weighted by Gasteiger charge is 2.19. The first-order valence-corrected chi connectivity index (χ1v) is 10.7. The number of rotatable bonds is 5. The number of aryl methyl sites for hydroxylation is 1. The first-order valence-electron chi connectivity index (χ1n) is 9.87. The maximum atomic E-state index is 12.7. The van der Waals surface area contributed by atoms with E-state index in [0.29, 0.717) is 17.1 Å². The highest BCUT2D eigenvalue weighted by atomic mass is 32.2. The zero-order valence-electron chi connectivity index (χ0n) is 16.7. The van der Waals surface area contributed by atoms with Gasteiger partial charge >= 0.3 is 0 Å². The Balaban J connectivity index is 1.42. The predicted molar refractivity (Wildman–Crippen MR) is 118 cm³/mol. The van der Waals surface area contributed by atoms with E-state index in [1.165, 1.54) is 11.8 Å². The average Bonchev–Trinajstić information content (AvgIpc) is 2.77. The minimum Gasteiger partial charge on any atom is -0.322 e. The number of hydrogen-bond acceptors (Lipinski definition) is 5. The summed E-state index contributed by atoms with van der Waals surface area (Å²) in [6.45, 7) is 2.69. The average molecular weight is 419 g/mol. The fourth-order valence-electron chi connectivity index (χ4n) is 3.35. The van der Waals surface area contributed by atoms with Crippen molar-refractivity contribution in [1.29, 1.82) is 0 Å². The number of nitrogens with one attached hydrogen (secondary N) is 1. The number of anilines is 2. The quantitative estimate of drug-likeness (QED) is 0.608. The Kier molecular flexibility index (Phi) is 6.09. The van der Waals surface area contributed by atoms with Crippen LogP contribution < -0.4 is 10.2 Å². The molecule has 0 saturated carbocycles. The molecule has 1 aliphatic heterocycles. The fraction of sp³-hybridized carbons (Fsp3) is 0.217. The van der Waals surface area contributed by atoms with Gasteiger partial charge < -0.3 is 10.2 Å². The van der Waals surface area contributed by atoms with E-state index < -0.39 is 0 Å². The molecule has 0 bridgehead atoms. The molecule has 6 nitrogen and oxygen atoms in total. The van der Waals surface area contributed by atoms with Gasteiger partial charge in [0.05, 0.1) is 0 Å². The molecule has 0 atom stereocenters. The van der Waals surface area contributed by atoms with Crippen LogP contribution in [0.5, 0.6) is 0 Å². The summed E-state index contributed by atoms with van der Waals surface area (Å²) in [6.07, 6.45) is 5.97. The highest BCUT2D eigenvalue weighted by Crippen LogP contribution is 2.28. The second kappa shape index (κ2) is 9.09. The van der Waals surface area contributed by atoms with Crippen LogP contribution in [0.3, 0.4) is 0 Å². The van der Waals surface area contributed by atoms with Crippen LogP contribution >= 0.6 is 11.8 Å². The molecule has 7 heteroatoms. The number of hydrogen-bond donors (Lipinski definition) is 1. The molecule has 0 spiro atoms. The Morgan fingerprint density at radius 2 is 1.83 bits per heavy atom. The molecular weight excluding hydrogens is 396 g/mol. The van der Waals surface area contributed by atoms with Gasteiger partial charge in [-0.1, -0.05) is 0 Å². The summed E-state index contributed by atoms with van der Waals surface area (Å²) in [6, 6.07) is 14.8. The van der Waals surface area contributed by atoms with Gasteiger partial charge in [-0.15, -0.1) is 0 Å². The number of benzene rings is 2. The molecule has 1 saturated heterocycles. The molecule has 2 aromatic carbocycles. The highest BCUT2D eigenvalue weighted by molar-refractivity contribution is 7.99. The van der Waals surface area contributed by atoms with E-state index in [2.05, 4.69) is 15.3 Å². The number of amides is 2. The molecule has 3 aromatic rings. The van der Waals surface area contributed by atoms with Crippen molar-refractivity contribution in [3.05, 3.63) is 72.1 Å². The van der Waals surface area contributed by atoms with E-state index >= 15 is 0 Å². The molecular formula is C23H22N4O2S. The van der Waals surface area contributed by atoms with E-state index in [4.69, 9.17) is 0 Å². The smallest absolute Gasteiger partial charge is 0.255 e. The molecule has 1 N–H and O–H groups in total. The van der Waals surface area contributed by atoms with Crippen molar-refractivity contribution in [2.75, 3.05) is 16.8 Å². The van der Waals surface area contributed by atoms with Crippen molar-refractivity contribution in [3.63, 3.8) is 0 Å². The van der Waals surface area contributed by atoms with E-state index in [1.54, 1.807) is 35.5 Å². The summed E-state index contributed by atoms with van der Waals surface area (Å²) < 4.78 is 0. The monoisotopic (exact) mass is 418 g/mol. The van der Waals surface area contributed by atoms with Crippen molar-refractivity contribution in [2.45, 2.75) is 36.2 Å². The third kappa shape index (κ3) is 4.68. The van der Waals surface area contributed by atoms with Crippen LogP contribution in [0.25, 0.3) is 0 Å². The molecule has 4 rings (SSSR count). The maximum Gasteiger partial charge on any atom is 0.255 e. The third-order valence-corrected chi connectivity index (χ3v) is 5.84. The molecule has 0 radical (unpaired) electrons. The van der Waals surface area contributed by atoms with E-state index in [9.17, 15) is 9.59 Å². The fourth-order valence-corrected chi connectivity index (χ4v) is 4.16. The van der Waals surface area contributed by atoms with Crippen LogP contribution in [0.15, 0.2) is 71.0 Å². The van der Waals surface area contributed by atoms with Crippen LogP contribution in [0.1, 0.15) is 35.2 Å². The lowest BCUT2D eigenvalue weighted by Gasteiger charge is -2.26. The lowest BCUT2D eigenvalue weighted by molar-refractivity contribution is -0.119. The van der Waals surface area contributed by atoms with Crippen molar-refractivity contribution >= 4 is 35.0 Å². The minimum absolute atomic E-state index is 0.146. The zero-order valence-corrected chi connectivity index (χ0v) is 17.5. The first-order chi connectivity index (χ1) is 14.6. The molecule has 0 aliphatic carbocycles. The van der Waals surface area contributed by atoms with Gasteiger partial charge in [-0.3, -0.25) is 9.59 Å². The van der Waals surface area contributed by atoms with Crippen LogP contribution in [0.2, 0.25) is 0 Å². The lowest BCUT2D eigenvalue weighted by atomic mass is 10.1. The molecule has 1 fully saturated rings. The minimum atomic E-state index is -0.179. The predicted octanol–water partition coefficient (Wildman–Crippen LogP) is 4.71. The van der Waals surface area contributed by atoms with Gasteiger partial charge in [-0.05, 0) is 85.6 Å². The summed E-state index contributed by atoms with van der Waals surface area (Å²) in [4.78, 5) is 36.0. The number of aromatic nitrogens is 2. The van der Waals surface area contributed by atoms with Crippen LogP contribution in [-0.2, 0) is 4.79 Å². The van der Waals surface area contributed by atoms with Gasteiger partial charge in [0, 0.05) is 47.2 Å². The topological polar surface area (TPSA) is 75.2 Å². The van der Waals surface area contributed by atoms with Gasteiger partial charge in [0.25, 0.3) is 5.91 Å². The van der Waals surface area contributed by atoms with Crippen molar-refractivity contribution in [1.82, 2.24) is 9.97 Å². The van der Waals surface area contributed by atoms with E-state index in [1.807, 2.05) is 37.3 Å². The van der Waals surface area contributed by atoms with Gasteiger partial charge in [0.2, 0.25) is 5.91 Å². The molecule has 30 heavy (non-hydrogen) atoms. The molecule has 152 valence electrons. The largest absolute Gasteiger partial charge is 0.322 e. The first kappa shape index (κ1) is 20.1. The summed E-state index contributed by atoms with van der Waals surface area (Å²) in [5.74, 6) is -0.0330. The Bertz CT molecular complexity index is 1050. The van der Waals surface area contributed by atoms with Gasteiger partial charge in [0.1, 0.15) is 0 Å². The Morgan fingerprint density at radius 1 is 1.07 bits per heavy atom. The standard InChI is InChI=1S/C23H22N4O2S/c1-16-15-19(30-23-24-12-4-13-25-23)10-11-20(16)26-22(29)17-6-8-18(9-7-17)27-14-3-2-5-21(27)28/h4,6-13,15H,2-3,5,14H2,1H3,(H,26,29).